The molecule has 2 rings (SSSR count). The van der Waals surface area contributed by atoms with Crippen LogP contribution in [0.25, 0.3) is 0 Å². The first-order valence-corrected chi connectivity index (χ1v) is 4.18. The van der Waals surface area contributed by atoms with Crippen molar-refractivity contribution in [3.63, 3.8) is 0 Å². The van der Waals surface area contributed by atoms with Crippen molar-refractivity contribution in [2.75, 3.05) is 6.54 Å². The van der Waals surface area contributed by atoms with Crippen LogP contribution in [0.2, 0.25) is 0 Å². The first-order valence-electron chi connectivity index (χ1n) is 4.18. The Bertz CT molecular complexity index is 303. The molecule has 3 heteroatoms. The van der Waals surface area contributed by atoms with Gasteiger partial charge in [-0.1, -0.05) is 0 Å². The molecule has 3 nitrogen and oxygen atoms in total. The smallest absolute Gasteiger partial charge is 0.115 e. The Kier molecular flexibility index (Phi) is 2.19. The zero-order chi connectivity index (χ0) is 9.10. The minimum atomic E-state index is 0.0324. The van der Waals surface area contributed by atoms with Crippen LogP contribution in [0, 0.1) is 0 Å². The Labute approximate surface area is 76.1 Å². The molecule has 0 aromatic carbocycles. The van der Waals surface area contributed by atoms with Crippen LogP contribution in [-0.4, -0.2) is 6.54 Å². The topological polar surface area (TPSA) is 52.3 Å². The first kappa shape index (κ1) is 8.13. The highest BCUT2D eigenvalue weighted by Gasteiger charge is 2.17. The van der Waals surface area contributed by atoms with E-state index in [-0.39, 0.29) is 5.92 Å². The average Bonchev–Trinajstić information content (AvgIpc) is 2.76. The van der Waals surface area contributed by atoms with Crippen molar-refractivity contribution in [1.29, 1.82) is 0 Å². The molecular formula is C10H11NO2. The van der Waals surface area contributed by atoms with Gasteiger partial charge in [0, 0.05) is 6.54 Å². The summed E-state index contributed by atoms with van der Waals surface area (Å²) in [6.45, 7) is 0.487. The molecule has 2 aromatic heterocycles. The standard InChI is InChI=1S/C10H11NO2/c11-7-8(9-3-1-5-12-9)10-4-2-6-13-10/h1-6,8H,7,11H2. The van der Waals surface area contributed by atoms with Crippen molar-refractivity contribution in [2.45, 2.75) is 5.92 Å². The lowest BCUT2D eigenvalue weighted by atomic mass is 10.0. The van der Waals surface area contributed by atoms with E-state index in [0.717, 1.165) is 11.5 Å². The van der Waals surface area contributed by atoms with Gasteiger partial charge in [-0.25, -0.2) is 0 Å². The molecule has 2 heterocycles. The summed E-state index contributed by atoms with van der Waals surface area (Å²) in [5.41, 5.74) is 5.64. The summed E-state index contributed by atoms with van der Waals surface area (Å²) in [6.07, 6.45) is 3.28. The molecule has 0 aliphatic rings. The summed E-state index contributed by atoms with van der Waals surface area (Å²) in [5, 5.41) is 0. The van der Waals surface area contributed by atoms with Gasteiger partial charge in [0.05, 0.1) is 18.4 Å². The summed E-state index contributed by atoms with van der Waals surface area (Å²) in [5.74, 6) is 1.72. The van der Waals surface area contributed by atoms with Gasteiger partial charge >= 0.3 is 0 Å². The van der Waals surface area contributed by atoms with E-state index in [1.165, 1.54) is 0 Å². The van der Waals surface area contributed by atoms with Crippen LogP contribution in [0.3, 0.4) is 0 Å². The summed E-state index contributed by atoms with van der Waals surface area (Å²) >= 11 is 0. The molecule has 0 fully saturated rings. The van der Waals surface area contributed by atoms with E-state index in [1.807, 2.05) is 24.3 Å². The van der Waals surface area contributed by atoms with Gasteiger partial charge in [-0.2, -0.15) is 0 Å². The third-order valence-corrected chi connectivity index (χ3v) is 2.01. The van der Waals surface area contributed by atoms with Crippen molar-refractivity contribution in [3.05, 3.63) is 48.3 Å². The minimum absolute atomic E-state index is 0.0324. The number of rotatable bonds is 3. The second kappa shape index (κ2) is 3.49. The fraction of sp³-hybridized carbons (Fsp3) is 0.200. The van der Waals surface area contributed by atoms with E-state index in [0.29, 0.717) is 6.54 Å². The van der Waals surface area contributed by atoms with Crippen molar-refractivity contribution >= 4 is 0 Å². The van der Waals surface area contributed by atoms with Crippen LogP contribution in [0.15, 0.2) is 45.6 Å². The summed E-state index contributed by atoms with van der Waals surface area (Å²) in [6, 6.07) is 7.50. The normalized spacial score (nSPS) is 10.9. The van der Waals surface area contributed by atoms with E-state index in [4.69, 9.17) is 14.6 Å². The maximum atomic E-state index is 5.64. The molecule has 0 unspecified atom stereocenters. The third-order valence-electron chi connectivity index (χ3n) is 2.01. The van der Waals surface area contributed by atoms with Gasteiger partial charge in [0.25, 0.3) is 0 Å². The number of hydrogen-bond acceptors (Lipinski definition) is 3. The summed E-state index contributed by atoms with van der Waals surface area (Å²) in [7, 11) is 0. The van der Waals surface area contributed by atoms with Crippen LogP contribution in [0.5, 0.6) is 0 Å². The van der Waals surface area contributed by atoms with Gasteiger partial charge in [-0.05, 0) is 24.3 Å². The van der Waals surface area contributed by atoms with Crippen molar-refractivity contribution in [1.82, 2.24) is 0 Å². The maximum absolute atomic E-state index is 5.64. The third kappa shape index (κ3) is 1.51. The molecular weight excluding hydrogens is 166 g/mol. The largest absolute Gasteiger partial charge is 0.469 e. The van der Waals surface area contributed by atoms with E-state index in [2.05, 4.69) is 0 Å². The molecule has 0 aliphatic carbocycles. The Hall–Kier alpha value is -1.48. The number of furan rings is 2. The fourth-order valence-corrected chi connectivity index (χ4v) is 1.35. The van der Waals surface area contributed by atoms with E-state index in [1.54, 1.807) is 12.5 Å². The summed E-state index contributed by atoms with van der Waals surface area (Å²) < 4.78 is 10.5. The Morgan fingerprint density at radius 3 is 1.92 bits per heavy atom. The quantitative estimate of drug-likeness (QED) is 0.779. The van der Waals surface area contributed by atoms with Crippen LogP contribution in [-0.2, 0) is 0 Å². The molecule has 0 aliphatic heterocycles. The molecule has 0 saturated heterocycles. The van der Waals surface area contributed by atoms with Gasteiger partial charge in [0.15, 0.2) is 0 Å². The van der Waals surface area contributed by atoms with Crippen molar-refractivity contribution < 1.29 is 8.83 Å². The molecule has 2 aromatic rings. The van der Waals surface area contributed by atoms with Crippen LogP contribution < -0.4 is 5.73 Å². The maximum Gasteiger partial charge on any atom is 0.115 e. The highest BCUT2D eigenvalue weighted by atomic mass is 16.3. The highest BCUT2D eigenvalue weighted by Crippen LogP contribution is 2.23. The van der Waals surface area contributed by atoms with E-state index < -0.39 is 0 Å². The van der Waals surface area contributed by atoms with Gasteiger partial charge in [-0.3, -0.25) is 0 Å². The highest BCUT2D eigenvalue weighted by molar-refractivity contribution is 5.19. The molecule has 0 bridgehead atoms. The van der Waals surface area contributed by atoms with E-state index >= 15 is 0 Å². The van der Waals surface area contributed by atoms with Gasteiger partial charge in [-0.15, -0.1) is 0 Å². The molecule has 13 heavy (non-hydrogen) atoms. The number of hydrogen-bond donors (Lipinski definition) is 1. The number of nitrogens with two attached hydrogens (primary N) is 1. The second-order valence-electron chi connectivity index (χ2n) is 2.82. The molecule has 0 atom stereocenters. The van der Waals surface area contributed by atoms with E-state index in [9.17, 15) is 0 Å². The molecule has 0 radical (unpaired) electrons. The Morgan fingerprint density at radius 2 is 1.62 bits per heavy atom. The monoisotopic (exact) mass is 177 g/mol. The van der Waals surface area contributed by atoms with Crippen LogP contribution in [0.4, 0.5) is 0 Å². The zero-order valence-electron chi connectivity index (χ0n) is 7.14. The lowest BCUT2D eigenvalue weighted by molar-refractivity contribution is 0.430. The lowest BCUT2D eigenvalue weighted by Crippen LogP contribution is -2.12. The average molecular weight is 177 g/mol. The van der Waals surface area contributed by atoms with Crippen LogP contribution >= 0.6 is 0 Å². The predicted molar refractivity (Wildman–Crippen MR) is 48.3 cm³/mol. The van der Waals surface area contributed by atoms with Crippen molar-refractivity contribution in [3.8, 4) is 0 Å². The van der Waals surface area contributed by atoms with Gasteiger partial charge in [0.1, 0.15) is 11.5 Å². The summed E-state index contributed by atoms with van der Waals surface area (Å²) in [4.78, 5) is 0. The van der Waals surface area contributed by atoms with Crippen LogP contribution in [0.1, 0.15) is 17.4 Å². The zero-order valence-corrected chi connectivity index (χ0v) is 7.14. The Balaban J connectivity index is 2.29. The second-order valence-corrected chi connectivity index (χ2v) is 2.82. The predicted octanol–water partition coefficient (Wildman–Crippen LogP) is 1.96. The fourth-order valence-electron chi connectivity index (χ4n) is 1.35. The van der Waals surface area contributed by atoms with Crippen molar-refractivity contribution in [2.24, 2.45) is 5.73 Å². The molecule has 2 N–H and O–H groups in total. The minimum Gasteiger partial charge on any atom is -0.469 e. The van der Waals surface area contributed by atoms with Gasteiger partial charge in [0.2, 0.25) is 0 Å². The Morgan fingerprint density at radius 1 is 1.08 bits per heavy atom. The first-order chi connectivity index (χ1) is 6.42. The molecule has 68 valence electrons. The molecule has 0 spiro atoms. The van der Waals surface area contributed by atoms with Gasteiger partial charge < -0.3 is 14.6 Å². The SMILES string of the molecule is NCC(c1ccco1)c1ccco1. The molecule has 0 amide bonds. The molecule has 0 saturated carbocycles. The lowest BCUT2D eigenvalue weighted by Gasteiger charge is -2.07.